The van der Waals surface area contributed by atoms with Gasteiger partial charge in [-0.3, -0.25) is 4.21 Å². The molecule has 0 aliphatic carbocycles. The number of rotatable bonds is 4. The van der Waals surface area contributed by atoms with Crippen molar-refractivity contribution in [2.45, 2.75) is 17.7 Å². The maximum atomic E-state index is 12.4. The van der Waals surface area contributed by atoms with Crippen molar-refractivity contribution in [3.8, 4) is 0 Å². The Hall–Kier alpha value is -2.14. The minimum atomic E-state index is -1.05. The average molecular weight is 342 g/mol. The van der Waals surface area contributed by atoms with Gasteiger partial charge in [-0.1, -0.05) is 36.4 Å². The number of hydrogen-bond donors (Lipinski definition) is 1. The monoisotopic (exact) mass is 342 g/mol. The van der Waals surface area contributed by atoms with E-state index in [-0.39, 0.29) is 6.03 Å². The number of nitrogens with zero attached hydrogens (tertiary/aromatic N) is 1. The lowest BCUT2D eigenvalue weighted by atomic mass is 9.99. The molecular formula is C19H22N2O2S. The zero-order valence-corrected chi connectivity index (χ0v) is 14.6. The van der Waals surface area contributed by atoms with E-state index in [2.05, 4.69) is 29.6 Å². The van der Waals surface area contributed by atoms with Gasteiger partial charge in [-0.15, -0.1) is 0 Å². The van der Waals surface area contributed by atoms with E-state index in [0.29, 0.717) is 11.6 Å². The summed E-state index contributed by atoms with van der Waals surface area (Å²) in [6, 6.07) is 17.5. The molecule has 4 nitrogen and oxygen atoms in total. The molecule has 2 amide bonds. The number of nitrogens with one attached hydrogen (secondary N) is 1. The van der Waals surface area contributed by atoms with Crippen LogP contribution in [0.15, 0.2) is 59.5 Å². The first kappa shape index (κ1) is 16.7. The SMILES string of the molecule is C[S@](=O)c1cccc(NC(=O)N2CC[C@@H](Cc3ccccc3)C2)c1. The van der Waals surface area contributed by atoms with Crippen LogP contribution in [-0.2, 0) is 17.2 Å². The Morgan fingerprint density at radius 2 is 2.00 bits per heavy atom. The van der Waals surface area contributed by atoms with E-state index in [1.54, 1.807) is 18.4 Å². The molecule has 2 aromatic carbocycles. The van der Waals surface area contributed by atoms with Crippen LogP contribution in [0.1, 0.15) is 12.0 Å². The molecule has 1 aliphatic rings. The van der Waals surface area contributed by atoms with Gasteiger partial charge < -0.3 is 10.2 Å². The molecule has 0 spiro atoms. The molecule has 126 valence electrons. The average Bonchev–Trinajstić information content (AvgIpc) is 3.04. The third-order valence-corrected chi connectivity index (χ3v) is 5.28. The van der Waals surface area contributed by atoms with Crippen LogP contribution in [0.2, 0.25) is 0 Å². The number of urea groups is 1. The lowest BCUT2D eigenvalue weighted by Crippen LogP contribution is -2.33. The number of hydrogen-bond acceptors (Lipinski definition) is 2. The van der Waals surface area contributed by atoms with Gasteiger partial charge in [0.15, 0.2) is 0 Å². The van der Waals surface area contributed by atoms with E-state index < -0.39 is 10.8 Å². The zero-order chi connectivity index (χ0) is 16.9. The second-order valence-corrected chi connectivity index (χ2v) is 7.58. The molecule has 3 rings (SSSR count). The molecule has 5 heteroatoms. The van der Waals surface area contributed by atoms with Crippen LogP contribution >= 0.6 is 0 Å². The van der Waals surface area contributed by atoms with Gasteiger partial charge in [-0.2, -0.15) is 0 Å². The summed E-state index contributed by atoms with van der Waals surface area (Å²) in [5, 5.41) is 2.92. The molecule has 0 saturated carbocycles. The Bertz CT molecular complexity index is 733. The molecule has 2 atom stereocenters. The summed E-state index contributed by atoms with van der Waals surface area (Å²) in [4.78, 5) is 15.0. The molecule has 0 bridgehead atoms. The third-order valence-electron chi connectivity index (χ3n) is 4.36. The van der Waals surface area contributed by atoms with Crippen LogP contribution < -0.4 is 5.32 Å². The van der Waals surface area contributed by atoms with E-state index in [4.69, 9.17) is 0 Å². The van der Waals surface area contributed by atoms with Crippen molar-refractivity contribution in [1.29, 1.82) is 0 Å². The normalized spacial score (nSPS) is 18.4. The largest absolute Gasteiger partial charge is 0.324 e. The number of carbonyl (C=O) groups is 1. The summed E-state index contributed by atoms with van der Waals surface area (Å²) < 4.78 is 11.5. The zero-order valence-electron chi connectivity index (χ0n) is 13.8. The quantitative estimate of drug-likeness (QED) is 0.924. The van der Waals surface area contributed by atoms with Crippen molar-refractivity contribution in [1.82, 2.24) is 4.90 Å². The van der Waals surface area contributed by atoms with E-state index in [0.717, 1.165) is 30.8 Å². The van der Waals surface area contributed by atoms with Crippen molar-refractivity contribution in [2.24, 2.45) is 5.92 Å². The van der Waals surface area contributed by atoms with Crippen LogP contribution in [0.3, 0.4) is 0 Å². The number of likely N-dealkylation sites (tertiary alicyclic amines) is 1. The highest BCUT2D eigenvalue weighted by molar-refractivity contribution is 7.84. The summed E-state index contributed by atoms with van der Waals surface area (Å²) in [7, 11) is -1.05. The van der Waals surface area contributed by atoms with E-state index >= 15 is 0 Å². The first-order chi connectivity index (χ1) is 11.6. The Kier molecular flexibility index (Phi) is 5.30. The number of carbonyl (C=O) groups excluding carboxylic acids is 1. The third kappa shape index (κ3) is 4.23. The topological polar surface area (TPSA) is 49.4 Å². The van der Waals surface area contributed by atoms with Crippen LogP contribution in [0, 0.1) is 5.92 Å². The van der Waals surface area contributed by atoms with Crippen LogP contribution in [0.5, 0.6) is 0 Å². The Morgan fingerprint density at radius 1 is 1.21 bits per heavy atom. The van der Waals surface area contributed by atoms with Gasteiger partial charge >= 0.3 is 6.03 Å². The standard InChI is InChI=1S/C19H22N2O2S/c1-24(23)18-9-5-8-17(13-18)20-19(22)21-11-10-16(14-21)12-15-6-3-2-4-7-15/h2-9,13,16H,10-12,14H2,1H3,(H,20,22)/t16-,24-/m0/s1. The van der Waals surface area contributed by atoms with Crippen LogP contribution in [0.4, 0.5) is 10.5 Å². The molecule has 24 heavy (non-hydrogen) atoms. The first-order valence-electron chi connectivity index (χ1n) is 8.15. The van der Waals surface area contributed by atoms with E-state index in [1.165, 1.54) is 5.56 Å². The lowest BCUT2D eigenvalue weighted by molar-refractivity contribution is 0.221. The van der Waals surface area contributed by atoms with Crippen molar-refractivity contribution in [3.05, 3.63) is 60.2 Å². The predicted octanol–water partition coefficient (Wildman–Crippen LogP) is 3.52. The number of amides is 2. The maximum Gasteiger partial charge on any atom is 0.321 e. The van der Waals surface area contributed by atoms with Gasteiger partial charge in [-0.25, -0.2) is 4.79 Å². The highest BCUT2D eigenvalue weighted by atomic mass is 32.2. The molecule has 1 heterocycles. The molecule has 0 aromatic heterocycles. The number of benzene rings is 2. The summed E-state index contributed by atoms with van der Waals surface area (Å²) in [6.45, 7) is 1.56. The fraction of sp³-hybridized carbons (Fsp3) is 0.316. The highest BCUT2D eigenvalue weighted by Gasteiger charge is 2.26. The van der Waals surface area contributed by atoms with Crippen LogP contribution in [0.25, 0.3) is 0 Å². The van der Waals surface area contributed by atoms with Gasteiger partial charge in [-0.05, 0) is 42.5 Å². The van der Waals surface area contributed by atoms with E-state index in [1.807, 2.05) is 23.1 Å². The van der Waals surface area contributed by atoms with E-state index in [9.17, 15) is 9.00 Å². The Morgan fingerprint density at radius 3 is 2.75 bits per heavy atom. The van der Waals surface area contributed by atoms with Crippen LogP contribution in [-0.4, -0.2) is 34.5 Å². The predicted molar refractivity (Wildman–Crippen MR) is 97.6 cm³/mol. The fourth-order valence-corrected chi connectivity index (χ4v) is 3.65. The van der Waals surface area contributed by atoms with Gasteiger partial charge in [0, 0.05) is 40.7 Å². The fourth-order valence-electron chi connectivity index (χ4n) is 3.09. The van der Waals surface area contributed by atoms with Crippen molar-refractivity contribution in [3.63, 3.8) is 0 Å². The molecule has 0 unspecified atom stereocenters. The summed E-state index contributed by atoms with van der Waals surface area (Å²) in [5.41, 5.74) is 2.02. The van der Waals surface area contributed by atoms with Crippen molar-refractivity contribution in [2.75, 3.05) is 24.7 Å². The molecule has 1 aliphatic heterocycles. The minimum Gasteiger partial charge on any atom is -0.324 e. The van der Waals surface area contributed by atoms with Gasteiger partial charge in [0.1, 0.15) is 0 Å². The summed E-state index contributed by atoms with van der Waals surface area (Å²) >= 11 is 0. The van der Waals surface area contributed by atoms with Crippen molar-refractivity contribution < 1.29 is 9.00 Å². The van der Waals surface area contributed by atoms with Gasteiger partial charge in [0.05, 0.1) is 0 Å². The van der Waals surface area contributed by atoms with Gasteiger partial charge in [0.25, 0.3) is 0 Å². The second kappa shape index (κ2) is 7.62. The van der Waals surface area contributed by atoms with Gasteiger partial charge in [0.2, 0.25) is 0 Å². The summed E-state index contributed by atoms with van der Waals surface area (Å²) in [5.74, 6) is 0.507. The molecule has 1 fully saturated rings. The Labute approximate surface area is 145 Å². The summed E-state index contributed by atoms with van der Waals surface area (Å²) in [6.07, 6.45) is 3.67. The molecule has 2 aromatic rings. The molecule has 0 radical (unpaired) electrons. The minimum absolute atomic E-state index is 0.0791. The highest BCUT2D eigenvalue weighted by Crippen LogP contribution is 2.22. The molecule has 1 saturated heterocycles. The number of anilines is 1. The van der Waals surface area contributed by atoms with Crippen molar-refractivity contribution >= 4 is 22.5 Å². The molecule has 1 N–H and O–H groups in total. The smallest absolute Gasteiger partial charge is 0.321 e. The Balaban J connectivity index is 1.56. The first-order valence-corrected chi connectivity index (χ1v) is 9.71. The lowest BCUT2D eigenvalue weighted by Gasteiger charge is -2.18. The maximum absolute atomic E-state index is 12.4. The second-order valence-electron chi connectivity index (χ2n) is 6.20. The molecular weight excluding hydrogens is 320 g/mol.